The number of sulfonamides is 1. The second kappa shape index (κ2) is 10.1. The van der Waals surface area contributed by atoms with Gasteiger partial charge in [0.25, 0.3) is 0 Å². The van der Waals surface area contributed by atoms with Gasteiger partial charge in [0.15, 0.2) is 5.78 Å². The Morgan fingerprint density at radius 3 is 2.38 bits per heavy atom. The summed E-state index contributed by atoms with van der Waals surface area (Å²) in [6.45, 7) is 4.03. The molecule has 2 rings (SSSR count). The van der Waals surface area contributed by atoms with Crippen molar-refractivity contribution in [2.24, 2.45) is 0 Å². The SMILES string of the molecule is CCOc1ccc(N(CCCC(=O)Nc2cccc(C(C)=O)c2)S(C)(=O)=O)cc1. The van der Waals surface area contributed by atoms with E-state index in [2.05, 4.69) is 5.32 Å². The lowest BCUT2D eigenvalue weighted by Crippen LogP contribution is -2.31. The van der Waals surface area contributed by atoms with Gasteiger partial charge in [-0.2, -0.15) is 0 Å². The van der Waals surface area contributed by atoms with Crippen LogP contribution in [0, 0.1) is 0 Å². The van der Waals surface area contributed by atoms with Gasteiger partial charge in [0.1, 0.15) is 5.75 Å². The van der Waals surface area contributed by atoms with Crippen molar-refractivity contribution in [1.82, 2.24) is 0 Å². The second-order valence-corrected chi connectivity index (χ2v) is 8.46. The van der Waals surface area contributed by atoms with E-state index in [1.165, 1.54) is 11.2 Å². The zero-order valence-corrected chi connectivity index (χ0v) is 17.7. The van der Waals surface area contributed by atoms with Crippen LogP contribution in [-0.2, 0) is 14.8 Å². The maximum Gasteiger partial charge on any atom is 0.232 e. The summed E-state index contributed by atoms with van der Waals surface area (Å²) in [5, 5.41) is 2.74. The highest BCUT2D eigenvalue weighted by Gasteiger charge is 2.17. The summed E-state index contributed by atoms with van der Waals surface area (Å²) < 4.78 is 31.0. The van der Waals surface area contributed by atoms with E-state index in [1.807, 2.05) is 6.92 Å². The minimum Gasteiger partial charge on any atom is -0.494 e. The van der Waals surface area contributed by atoms with Gasteiger partial charge in [-0.25, -0.2) is 8.42 Å². The molecule has 8 heteroatoms. The smallest absolute Gasteiger partial charge is 0.232 e. The predicted octanol–water partition coefficient (Wildman–Crippen LogP) is 3.47. The highest BCUT2D eigenvalue weighted by molar-refractivity contribution is 7.92. The van der Waals surface area contributed by atoms with Crippen LogP contribution < -0.4 is 14.4 Å². The van der Waals surface area contributed by atoms with Gasteiger partial charge in [0, 0.05) is 24.2 Å². The van der Waals surface area contributed by atoms with Crippen molar-refractivity contribution in [1.29, 1.82) is 0 Å². The van der Waals surface area contributed by atoms with Gasteiger partial charge in [0.05, 0.1) is 18.6 Å². The van der Waals surface area contributed by atoms with Gasteiger partial charge in [-0.3, -0.25) is 13.9 Å². The fraction of sp³-hybridized carbons (Fsp3) is 0.333. The number of hydrogen-bond acceptors (Lipinski definition) is 5. The standard InChI is InChI=1S/C21H26N2O5S/c1-4-28-20-12-10-19(11-13-20)23(29(3,26)27)14-6-9-21(25)22-18-8-5-7-17(15-18)16(2)24/h5,7-8,10-13,15H,4,6,9,14H2,1-3H3,(H,22,25). The van der Waals surface area contributed by atoms with Crippen LogP contribution >= 0.6 is 0 Å². The lowest BCUT2D eigenvalue weighted by molar-refractivity contribution is -0.116. The van der Waals surface area contributed by atoms with E-state index in [0.717, 1.165) is 6.26 Å². The molecule has 2 aromatic carbocycles. The number of nitrogens with one attached hydrogen (secondary N) is 1. The van der Waals surface area contributed by atoms with Crippen LogP contribution in [-0.4, -0.2) is 39.5 Å². The number of rotatable bonds is 10. The number of anilines is 2. The minimum atomic E-state index is -3.49. The number of hydrogen-bond donors (Lipinski definition) is 1. The monoisotopic (exact) mass is 418 g/mol. The summed E-state index contributed by atoms with van der Waals surface area (Å²) in [5.41, 5.74) is 1.57. The minimum absolute atomic E-state index is 0.0831. The van der Waals surface area contributed by atoms with Gasteiger partial charge < -0.3 is 10.1 Å². The maximum atomic E-state index is 12.2. The molecule has 0 unspecified atom stereocenters. The average Bonchev–Trinajstić information content (AvgIpc) is 2.65. The lowest BCUT2D eigenvalue weighted by Gasteiger charge is -2.22. The largest absolute Gasteiger partial charge is 0.494 e. The first-order valence-corrected chi connectivity index (χ1v) is 11.2. The number of amides is 1. The molecule has 0 aromatic heterocycles. The summed E-state index contributed by atoms with van der Waals surface area (Å²) in [6, 6.07) is 13.5. The number of Topliss-reactive ketones (excluding diaryl/α,β-unsaturated/α-hetero) is 1. The van der Waals surface area contributed by atoms with Crippen molar-refractivity contribution in [3.8, 4) is 5.75 Å². The van der Waals surface area contributed by atoms with Crippen LogP contribution in [0.15, 0.2) is 48.5 Å². The van der Waals surface area contributed by atoms with E-state index in [9.17, 15) is 18.0 Å². The molecule has 0 aliphatic carbocycles. The van der Waals surface area contributed by atoms with Crippen LogP contribution in [0.5, 0.6) is 5.75 Å². The molecule has 156 valence electrons. The summed E-state index contributed by atoms with van der Waals surface area (Å²) in [5.74, 6) is 0.336. The zero-order chi connectivity index (χ0) is 21.4. The molecule has 0 spiro atoms. The highest BCUT2D eigenvalue weighted by atomic mass is 32.2. The van der Waals surface area contributed by atoms with Crippen LogP contribution in [0.25, 0.3) is 0 Å². The van der Waals surface area contributed by atoms with Gasteiger partial charge in [-0.15, -0.1) is 0 Å². The van der Waals surface area contributed by atoms with Gasteiger partial charge in [-0.1, -0.05) is 12.1 Å². The number of nitrogens with zero attached hydrogens (tertiary/aromatic N) is 1. The Bertz CT molecular complexity index is 955. The summed E-state index contributed by atoms with van der Waals surface area (Å²) in [6.07, 6.45) is 1.63. The van der Waals surface area contributed by atoms with Crippen LogP contribution in [0.3, 0.4) is 0 Å². The quantitative estimate of drug-likeness (QED) is 0.597. The molecule has 2 aromatic rings. The van der Waals surface area contributed by atoms with E-state index < -0.39 is 10.0 Å². The van der Waals surface area contributed by atoms with E-state index in [-0.39, 0.29) is 24.7 Å². The summed E-state index contributed by atoms with van der Waals surface area (Å²) in [7, 11) is -3.49. The number of benzene rings is 2. The molecule has 1 amide bonds. The van der Waals surface area contributed by atoms with Gasteiger partial charge in [0.2, 0.25) is 15.9 Å². The molecule has 0 saturated heterocycles. The maximum absolute atomic E-state index is 12.2. The molecule has 0 bridgehead atoms. The normalized spacial score (nSPS) is 11.0. The van der Waals surface area contributed by atoms with Crippen LogP contribution in [0.1, 0.15) is 37.0 Å². The second-order valence-electron chi connectivity index (χ2n) is 6.55. The topological polar surface area (TPSA) is 92.8 Å². The predicted molar refractivity (Wildman–Crippen MR) is 114 cm³/mol. The Hall–Kier alpha value is -2.87. The molecule has 1 N–H and O–H groups in total. The van der Waals surface area contributed by atoms with Crippen LogP contribution in [0.4, 0.5) is 11.4 Å². The molecule has 0 saturated carbocycles. The van der Waals surface area contributed by atoms with Gasteiger partial charge in [-0.05, 0) is 56.7 Å². The molecule has 0 aliphatic rings. The molecule has 0 aliphatic heterocycles. The van der Waals surface area contributed by atoms with E-state index in [0.29, 0.717) is 35.7 Å². The molecular formula is C21H26N2O5S. The molecule has 7 nitrogen and oxygen atoms in total. The van der Waals surface area contributed by atoms with Crippen LogP contribution in [0.2, 0.25) is 0 Å². The molecule has 0 heterocycles. The van der Waals surface area contributed by atoms with Crippen molar-refractivity contribution in [3.05, 3.63) is 54.1 Å². The molecule has 0 radical (unpaired) electrons. The third kappa shape index (κ3) is 6.90. The van der Waals surface area contributed by atoms with Crippen molar-refractivity contribution in [2.75, 3.05) is 29.0 Å². The summed E-state index contributed by atoms with van der Waals surface area (Å²) >= 11 is 0. The Kier molecular flexibility index (Phi) is 7.78. The molecule has 0 fully saturated rings. The fourth-order valence-electron chi connectivity index (χ4n) is 2.78. The molecular weight excluding hydrogens is 392 g/mol. The number of carbonyl (C=O) groups is 2. The molecule has 0 atom stereocenters. The fourth-order valence-corrected chi connectivity index (χ4v) is 3.75. The number of ketones is 1. The zero-order valence-electron chi connectivity index (χ0n) is 16.8. The van der Waals surface area contributed by atoms with Crippen molar-refractivity contribution in [3.63, 3.8) is 0 Å². The first-order chi connectivity index (χ1) is 13.7. The van der Waals surface area contributed by atoms with Gasteiger partial charge >= 0.3 is 0 Å². The van der Waals surface area contributed by atoms with Crippen molar-refractivity contribution < 1.29 is 22.7 Å². The van der Waals surface area contributed by atoms with Crippen molar-refractivity contribution >= 4 is 33.1 Å². The Balaban J connectivity index is 1.97. The van der Waals surface area contributed by atoms with E-state index in [4.69, 9.17) is 4.74 Å². The average molecular weight is 419 g/mol. The number of carbonyl (C=O) groups excluding carboxylic acids is 2. The third-order valence-electron chi connectivity index (χ3n) is 4.15. The highest BCUT2D eigenvalue weighted by Crippen LogP contribution is 2.22. The van der Waals surface area contributed by atoms with E-state index >= 15 is 0 Å². The molecule has 29 heavy (non-hydrogen) atoms. The first-order valence-electron chi connectivity index (χ1n) is 9.32. The number of ether oxygens (including phenoxy) is 1. The summed E-state index contributed by atoms with van der Waals surface area (Å²) in [4.78, 5) is 23.6. The third-order valence-corrected chi connectivity index (χ3v) is 5.35. The Morgan fingerprint density at radius 1 is 1.10 bits per heavy atom. The first kappa shape index (κ1) is 22.4. The Labute approximate surface area is 171 Å². The Morgan fingerprint density at radius 2 is 1.79 bits per heavy atom. The van der Waals surface area contributed by atoms with E-state index in [1.54, 1.807) is 48.5 Å². The van der Waals surface area contributed by atoms with Crippen molar-refractivity contribution in [2.45, 2.75) is 26.7 Å². The lowest BCUT2D eigenvalue weighted by atomic mass is 10.1.